The molecule has 2 amide bonds. The summed E-state index contributed by atoms with van der Waals surface area (Å²) in [5, 5.41) is 0. The van der Waals surface area contributed by atoms with E-state index in [0.29, 0.717) is 12.8 Å². The Kier molecular flexibility index (Phi) is 4.67. The van der Waals surface area contributed by atoms with Crippen molar-refractivity contribution in [3.05, 3.63) is 29.8 Å². The van der Waals surface area contributed by atoms with Crippen molar-refractivity contribution in [1.29, 1.82) is 0 Å². The van der Waals surface area contributed by atoms with Crippen LogP contribution in [-0.2, 0) is 16.0 Å². The van der Waals surface area contributed by atoms with Crippen LogP contribution in [0, 0.1) is 0 Å². The Bertz CT molecular complexity index is 592. The molecule has 0 atom stereocenters. The maximum atomic E-state index is 12.5. The summed E-state index contributed by atoms with van der Waals surface area (Å²) in [6.45, 7) is 1.53. The number of carbonyl (C=O) groups excluding carboxylic acids is 2. The van der Waals surface area contributed by atoms with Crippen LogP contribution in [0.1, 0.15) is 31.2 Å². The number of thioether (sulfide) groups is 1. The van der Waals surface area contributed by atoms with Crippen LogP contribution >= 0.6 is 11.8 Å². The average Bonchev–Trinajstić information content (AvgIpc) is 2.85. The highest BCUT2D eigenvalue weighted by atomic mass is 32.2. The fraction of sp³-hybridized carbons (Fsp3) is 0.556. The van der Waals surface area contributed by atoms with Crippen molar-refractivity contribution in [2.75, 3.05) is 26.4 Å². The summed E-state index contributed by atoms with van der Waals surface area (Å²) in [6.07, 6.45) is 5.94. The molecule has 2 heterocycles. The van der Waals surface area contributed by atoms with Crippen LogP contribution in [0.25, 0.3) is 0 Å². The largest absolute Gasteiger partial charge is 0.342 e. The van der Waals surface area contributed by atoms with Gasteiger partial charge in [0.15, 0.2) is 0 Å². The number of benzene rings is 1. The monoisotopic (exact) mass is 332 g/mol. The molecule has 2 aliphatic rings. The fourth-order valence-corrected chi connectivity index (χ4v) is 4.14. The zero-order chi connectivity index (χ0) is 16.4. The van der Waals surface area contributed by atoms with Gasteiger partial charge in [0.1, 0.15) is 0 Å². The van der Waals surface area contributed by atoms with Crippen LogP contribution < -0.4 is 0 Å². The minimum atomic E-state index is 0.00780. The molecule has 0 unspecified atom stereocenters. The Hall–Kier alpha value is -1.49. The van der Waals surface area contributed by atoms with E-state index in [4.69, 9.17) is 0 Å². The third-order valence-corrected chi connectivity index (χ3v) is 6.19. The molecule has 0 saturated carbocycles. The van der Waals surface area contributed by atoms with E-state index in [1.54, 1.807) is 11.8 Å². The van der Waals surface area contributed by atoms with Crippen LogP contribution in [0.5, 0.6) is 0 Å². The highest BCUT2D eigenvalue weighted by Gasteiger charge is 2.45. The van der Waals surface area contributed by atoms with Crippen molar-refractivity contribution >= 4 is 23.6 Å². The number of hydrogen-bond acceptors (Lipinski definition) is 3. The molecule has 0 radical (unpaired) electrons. The number of likely N-dealkylation sites (tertiary alicyclic amines) is 2. The zero-order valence-electron chi connectivity index (χ0n) is 13.9. The van der Waals surface area contributed by atoms with Gasteiger partial charge in [0.05, 0.1) is 6.42 Å². The standard InChI is InChI=1S/C18H24N2O2S/c1-19-16(21)7-8-18(19)9-11-20(12-10-18)17(22)13-14-3-5-15(23-2)6-4-14/h3-6H,7-13H2,1-2H3. The molecular formula is C18H24N2O2S. The second-order valence-electron chi connectivity index (χ2n) is 6.58. The molecule has 0 aliphatic carbocycles. The van der Waals surface area contributed by atoms with Gasteiger partial charge in [-0.15, -0.1) is 11.8 Å². The second-order valence-corrected chi connectivity index (χ2v) is 7.46. The fourth-order valence-electron chi connectivity index (χ4n) is 3.73. The summed E-state index contributed by atoms with van der Waals surface area (Å²) in [6, 6.07) is 8.21. The molecule has 0 N–H and O–H groups in total. The van der Waals surface area contributed by atoms with E-state index in [9.17, 15) is 9.59 Å². The summed E-state index contributed by atoms with van der Waals surface area (Å²) in [5.41, 5.74) is 1.08. The highest BCUT2D eigenvalue weighted by molar-refractivity contribution is 7.98. The van der Waals surface area contributed by atoms with E-state index in [1.165, 1.54) is 4.90 Å². The molecule has 0 aromatic heterocycles. The number of hydrogen-bond donors (Lipinski definition) is 0. The van der Waals surface area contributed by atoms with Gasteiger partial charge in [0.2, 0.25) is 11.8 Å². The average molecular weight is 332 g/mol. The quantitative estimate of drug-likeness (QED) is 0.799. The lowest BCUT2D eigenvalue weighted by molar-refractivity contribution is -0.135. The van der Waals surface area contributed by atoms with E-state index < -0.39 is 0 Å². The summed E-state index contributed by atoms with van der Waals surface area (Å²) >= 11 is 1.71. The maximum Gasteiger partial charge on any atom is 0.226 e. The molecule has 4 nitrogen and oxygen atoms in total. The summed E-state index contributed by atoms with van der Waals surface area (Å²) in [7, 11) is 1.92. The maximum absolute atomic E-state index is 12.5. The Morgan fingerprint density at radius 2 is 1.83 bits per heavy atom. The van der Waals surface area contributed by atoms with Crippen LogP contribution in [0.4, 0.5) is 0 Å². The Morgan fingerprint density at radius 1 is 1.17 bits per heavy atom. The number of amides is 2. The minimum absolute atomic E-state index is 0.00780. The summed E-state index contributed by atoms with van der Waals surface area (Å²) in [5.74, 6) is 0.447. The topological polar surface area (TPSA) is 40.6 Å². The first-order chi connectivity index (χ1) is 11.0. The zero-order valence-corrected chi connectivity index (χ0v) is 14.7. The first kappa shape index (κ1) is 16.4. The molecule has 2 aliphatic heterocycles. The number of nitrogens with zero attached hydrogens (tertiary/aromatic N) is 2. The number of carbonyl (C=O) groups is 2. The smallest absolute Gasteiger partial charge is 0.226 e. The van der Waals surface area contributed by atoms with Crippen molar-refractivity contribution in [2.24, 2.45) is 0 Å². The van der Waals surface area contributed by atoms with E-state index in [-0.39, 0.29) is 17.4 Å². The third-order valence-electron chi connectivity index (χ3n) is 5.45. The van der Waals surface area contributed by atoms with E-state index in [2.05, 4.69) is 18.4 Å². The van der Waals surface area contributed by atoms with Crippen molar-refractivity contribution in [2.45, 2.75) is 42.5 Å². The molecule has 2 saturated heterocycles. The molecule has 1 aromatic rings. The molecule has 5 heteroatoms. The Balaban J connectivity index is 1.57. The molecular weight excluding hydrogens is 308 g/mol. The molecule has 1 aromatic carbocycles. The summed E-state index contributed by atoms with van der Waals surface area (Å²) in [4.78, 5) is 29.4. The van der Waals surface area contributed by atoms with Crippen molar-refractivity contribution in [1.82, 2.24) is 9.80 Å². The van der Waals surface area contributed by atoms with Gasteiger partial charge < -0.3 is 9.80 Å². The Labute approximate surface area is 142 Å². The predicted molar refractivity (Wildman–Crippen MR) is 92.5 cm³/mol. The first-order valence-corrected chi connectivity index (χ1v) is 9.44. The van der Waals surface area contributed by atoms with Crippen LogP contribution in [0.15, 0.2) is 29.2 Å². The van der Waals surface area contributed by atoms with Gasteiger partial charge in [-0.1, -0.05) is 12.1 Å². The van der Waals surface area contributed by atoms with E-state index >= 15 is 0 Å². The third kappa shape index (κ3) is 3.25. The van der Waals surface area contributed by atoms with Crippen molar-refractivity contribution in [3.63, 3.8) is 0 Å². The van der Waals surface area contributed by atoms with Crippen LogP contribution in [-0.4, -0.2) is 53.5 Å². The molecule has 23 heavy (non-hydrogen) atoms. The normalized spacial score (nSPS) is 20.3. The van der Waals surface area contributed by atoms with Gasteiger partial charge in [-0.25, -0.2) is 0 Å². The van der Waals surface area contributed by atoms with Gasteiger partial charge in [0.25, 0.3) is 0 Å². The van der Waals surface area contributed by atoms with Crippen LogP contribution in [0.2, 0.25) is 0 Å². The SMILES string of the molecule is CSc1ccc(CC(=O)N2CCC3(CCC(=O)N3C)CC2)cc1. The first-order valence-electron chi connectivity index (χ1n) is 8.21. The second kappa shape index (κ2) is 6.56. The van der Waals surface area contributed by atoms with Crippen LogP contribution in [0.3, 0.4) is 0 Å². The molecule has 2 fully saturated rings. The molecule has 124 valence electrons. The number of rotatable bonds is 3. The van der Waals surface area contributed by atoms with Crippen molar-refractivity contribution < 1.29 is 9.59 Å². The van der Waals surface area contributed by atoms with Gasteiger partial charge >= 0.3 is 0 Å². The minimum Gasteiger partial charge on any atom is -0.342 e. The predicted octanol–water partition coefficient (Wildman–Crippen LogP) is 2.56. The van der Waals surface area contributed by atoms with Gasteiger partial charge in [-0.05, 0) is 43.2 Å². The van der Waals surface area contributed by atoms with E-state index in [0.717, 1.165) is 37.9 Å². The van der Waals surface area contributed by atoms with Gasteiger partial charge in [0, 0.05) is 37.0 Å². The van der Waals surface area contributed by atoms with Crippen molar-refractivity contribution in [3.8, 4) is 0 Å². The lowest BCUT2D eigenvalue weighted by Gasteiger charge is -2.43. The van der Waals surface area contributed by atoms with Gasteiger partial charge in [-0.2, -0.15) is 0 Å². The highest BCUT2D eigenvalue weighted by Crippen LogP contribution is 2.37. The van der Waals surface area contributed by atoms with Gasteiger partial charge in [-0.3, -0.25) is 9.59 Å². The summed E-state index contributed by atoms with van der Waals surface area (Å²) < 4.78 is 0. The number of piperidine rings is 1. The molecule has 3 rings (SSSR count). The Morgan fingerprint density at radius 3 is 2.35 bits per heavy atom. The van der Waals surface area contributed by atoms with E-state index in [1.807, 2.05) is 29.0 Å². The molecule has 0 bridgehead atoms. The molecule has 1 spiro atoms. The lowest BCUT2D eigenvalue weighted by atomic mass is 9.85. The lowest BCUT2D eigenvalue weighted by Crippen LogP contribution is -2.53.